The lowest BCUT2D eigenvalue weighted by molar-refractivity contribution is -0.171. The Morgan fingerprint density at radius 2 is 1.47 bits per heavy atom. The van der Waals surface area contributed by atoms with E-state index < -0.39 is 40.8 Å². The molecule has 0 bridgehead atoms. The van der Waals surface area contributed by atoms with Crippen LogP contribution in [0.15, 0.2) is 84.9 Å². The van der Waals surface area contributed by atoms with Crippen LogP contribution in [0.25, 0.3) is 0 Å². The molecule has 3 N–H and O–H groups in total. The van der Waals surface area contributed by atoms with Gasteiger partial charge >= 0.3 is 11.9 Å². The van der Waals surface area contributed by atoms with E-state index in [-0.39, 0.29) is 11.8 Å². The summed E-state index contributed by atoms with van der Waals surface area (Å²) in [5.41, 5.74) is 0.585. The molecule has 5 unspecified atom stereocenters. The van der Waals surface area contributed by atoms with E-state index in [4.69, 9.17) is 0 Å². The number of aliphatic carboxylic acids is 2. The van der Waals surface area contributed by atoms with Crippen LogP contribution in [-0.2, 0) is 15.0 Å². The lowest BCUT2D eigenvalue weighted by Crippen LogP contribution is -2.69. The van der Waals surface area contributed by atoms with Gasteiger partial charge in [0, 0.05) is 23.4 Å². The van der Waals surface area contributed by atoms with E-state index >= 15 is 0 Å². The molecule has 0 radical (unpaired) electrons. The molecule has 0 spiro atoms. The van der Waals surface area contributed by atoms with E-state index in [2.05, 4.69) is 64.8 Å². The average Bonchev–Trinajstić information content (AvgIpc) is 3.03. The van der Waals surface area contributed by atoms with Crippen LogP contribution in [0.1, 0.15) is 68.2 Å². The highest BCUT2D eigenvalue weighted by Crippen LogP contribution is 2.57. The first kappa shape index (κ1) is 30.5. The summed E-state index contributed by atoms with van der Waals surface area (Å²) in [6.07, 6.45) is 2.07. The molecule has 2 aliphatic rings. The molecule has 2 fully saturated rings. The Balaban J connectivity index is 1.48. The first-order valence-corrected chi connectivity index (χ1v) is 15.2. The number of carbonyl (C=O) groups is 2. The second kappa shape index (κ2) is 11.9. The number of nitrogens with zero attached hydrogens (tertiary/aromatic N) is 2. The molecular formula is C36H41N3O4. The zero-order chi connectivity index (χ0) is 30.8. The molecule has 7 nitrogen and oxygen atoms in total. The predicted octanol–water partition coefficient (Wildman–Crippen LogP) is 5.66. The number of hydrogen-bond donors (Lipinski definition) is 3. The minimum Gasteiger partial charge on any atom is -0.481 e. The van der Waals surface area contributed by atoms with Gasteiger partial charge in [-0.05, 0) is 88.5 Å². The van der Waals surface area contributed by atoms with E-state index in [1.807, 2.05) is 26.0 Å². The van der Waals surface area contributed by atoms with Gasteiger partial charge in [-0.25, -0.2) is 0 Å². The number of piperidine rings is 2. The van der Waals surface area contributed by atoms with Crippen LogP contribution < -0.4 is 5.32 Å². The molecule has 2 aliphatic heterocycles. The highest BCUT2D eigenvalue weighted by atomic mass is 16.4. The third-order valence-corrected chi connectivity index (χ3v) is 10.7. The molecule has 3 aromatic rings. The Morgan fingerprint density at radius 3 is 1.98 bits per heavy atom. The lowest BCUT2D eigenvalue weighted by atomic mass is 9.51. The summed E-state index contributed by atoms with van der Waals surface area (Å²) in [6, 6.07) is 29.2. The number of carboxylic acids is 2. The maximum absolute atomic E-state index is 13.5. The van der Waals surface area contributed by atoms with Gasteiger partial charge in [0.25, 0.3) is 0 Å². The largest absolute Gasteiger partial charge is 0.481 e. The minimum atomic E-state index is -1.42. The van der Waals surface area contributed by atoms with E-state index in [1.54, 1.807) is 31.2 Å². The van der Waals surface area contributed by atoms with Crippen molar-refractivity contribution in [2.75, 3.05) is 19.6 Å². The van der Waals surface area contributed by atoms with Gasteiger partial charge in [-0.3, -0.25) is 9.59 Å². The van der Waals surface area contributed by atoms with Crippen molar-refractivity contribution in [2.24, 2.45) is 10.8 Å². The summed E-state index contributed by atoms with van der Waals surface area (Å²) in [4.78, 5) is 28.8. The fourth-order valence-corrected chi connectivity index (χ4v) is 8.01. The molecule has 43 heavy (non-hydrogen) atoms. The monoisotopic (exact) mass is 579 g/mol. The standard InChI is InChI=1S/C36H41N3O4/c1-25-34(3,32(40)41)31(28-12-10-11-27(23-28)24-37)36(33(42)43,26(2)38-25)19-22-39-20-17-35(18-21-39,29-13-6-4-7-14-29)30-15-8-5-9-16-30/h4-16,23,25-26,31,38H,17-22H2,1-3H3,(H,40,41)(H,42,43). The summed E-state index contributed by atoms with van der Waals surface area (Å²) in [7, 11) is 0. The van der Waals surface area contributed by atoms with Crippen molar-refractivity contribution in [1.82, 2.24) is 10.2 Å². The van der Waals surface area contributed by atoms with Crippen molar-refractivity contribution in [2.45, 2.75) is 63.5 Å². The fraction of sp³-hybridized carbons (Fsp3) is 0.417. The summed E-state index contributed by atoms with van der Waals surface area (Å²) in [6.45, 7) is 7.44. The van der Waals surface area contributed by atoms with Crippen molar-refractivity contribution in [3.8, 4) is 6.07 Å². The van der Waals surface area contributed by atoms with Crippen LogP contribution in [0, 0.1) is 22.2 Å². The first-order valence-electron chi connectivity index (χ1n) is 15.2. The van der Waals surface area contributed by atoms with Crippen molar-refractivity contribution >= 4 is 11.9 Å². The van der Waals surface area contributed by atoms with Crippen molar-refractivity contribution < 1.29 is 19.8 Å². The first-order chi connectivity index (χ1) is 20.6. The Morgan fingerprint density at radius 1 is 0.884 bits per heavy atom. The highest BCUT2D eigenvalue weighted by molar-refractivity contribution is 5.84. The summed E-state index contributed by atoms with van der Waals surface area (Å²) in [5, 5.41) is 34.6. The van der Waals surface area contributed by atoms with E-state index in [1.165, 1.54) is 11.1 Å². The second-order valence-corrected chi connectivity index (χ2v) is 12.6. The second-order valence-electron chi connectivity index (χ2n) is 12.6. The van der Waals surface area contributed by atoms with Gasteiger partial charge in [0.15, 0.2) is 0 Å². The van der Waals surface area contributed by atoms with Gasteiger partial charge in [0.1, 0.15) is 0 Å². The van der Waals surface area contributed by atoms with Crippen molar-refractivity contribution in [3.63, 3.8) is 0 Å². The Kier molecular flexibility index (Phi) is 8.47. The summed E-state index contributed by atoms with van der Waals surface area (Å²) < 4.78 is 0. The van der Waals surface area contributed by atoms with Gasteiger partial charge in [0.05, 0.1) is 22.5 Å². The lowest BCUT2D eigenvalue weighted by Gasteiger charge is -2.56. The quantitative estimate of drug-likeness (QED) is 0.316. The predicted molar refractivity (Wildman–Crippen MR) is 166 cm³/mol. The fourth-order valence-electron chi connectivity index (χ4n) is 8.01. The van der Waals surface area contributed by atoms with Gasteiger partial charge in [-0.2, -0.15) is 5.26 Å². The van der Waals surface area contributed by atoms with E-state index in [0.717, 1.165) is 25.9 Å². The van der Waals surface area contributed by atoms with Crippen molar-refractivity contribution in [3.05, 3.63) is 107 Å². The molecule has 2 heterocycles. The smallest absolute Gasteiger partial charge is 0.311 e. The van der Waals surface area contributed by atoms with Crippen LogP contribution in [0.4, 0.5) is 0 Å². The van der Waals surface area contributed by atoms with Gasteiger partial charge in [-0.15, -0.1) is 0 Å². The topological polar surface area (TPSA) is 114 Å². The Bertz CT molecular complexity index is 1450. The highest BCUT2D eigenvalue weighted by Gasteiger charge is 2.65. The molecule has 3 aromatic carbocycles. The molecule has 2 saturated heterocycles. The maximum Gasteiger partial charge on any atom is 0.311 e. The number of hydrogen-bond acceptors (Lipinski definition) is 5. The van der Waals surface area contributed by atoms with Crippen LogP contribution in [0.5, 0.6) is 0 Å². The Labute approximate surface area is 254 Å². The zero-order valence-electron chi connectivity index (χ0n) is 25.2. The molecule has 0 amide bonds. The normalized spacial score (nSPS) is 28.9. The van der Waals surface area contributed by atoms with Crippen LogP contribution >= 0.6 is 0 Å². The molecular weight excluding hydrogens is 538 g/mol. The molecule has 0 saturated carbocycles. The number of rotatable bonds is 8. The molecule has 7 heteroatoms. The van der Waals surface area contributed by atoms with Gasteiger partial charge < -0.3 is 20.4 Å². The average molecular weight is 580 g/mol. The van der Waals surface area contributed by atoms with Gasteiger partial charge in [-0.1, -0.05) is 72.8 Å². The number of likely N-dealkylation sites (tertiary alicyclic amines) is 1. The van der Waals surface area contributed by atoms with Gasteiger partial charge in [0.2, 0.25) is 0 Å². The molecule has 0 aliphatic carbocycles. The van der Waals surface area contributed by atoms with Crippen LogP contribution in [0.3, 0.4) is 0 Å². The molecule has 0 aromatic heterocycles. The zero-order valence-corrected chi connectivity index (χ0v) is 25.2. The summed E-state index contributed by atoms with van der Waals surface area (Å²) in [5.74, 6) is -2.92. The van der Waals surface area contributed by atoms with Crippen LogP contribution in [-0.4, -0.2) is 58.8 Å². The SMILES string of the molecule is CC1NC(C)C(CCN2CCC(c3ccccc3)(c3ccccc3)CC2)(C(=O)O)C(c2cccc(C#N)c2)C1(C)C(=O)O. The number of nitrogens with one attached hydrogen (secondary N) is 1. The third kappa shape index (κ3) is 5.13. The molecule has 224 valence electrons. The third-order valence-electron chi connectivity index (χ3n) is 10.7. The molecule has 5 rings (SSSR count). The molecule has 5 atom stereocenters. The van der Waals surface area contributed by atoms with E-state index in [9.17, 15) is 25.1 Å². The Hall–Kier alpha value is -3.99. The minimum absolute atomic E-state index is 0.124. The maximum atomic E-state index is 13.5. The summed E-state index contributed by atoms with van der Waals surface area (Å²) >= 11 is 0. The number of nitriles is 1. The van der Waals surface area contributed by atoms with E-state index in [0.29, 0.717) is 17.7 Å². The number of benzene rings is 3. The number of carboxylic acid groups (broad SMARTS) is 2. The van der Waals surface area contributed by atoms with Crippen molar-refractivity contribution in [1.29, 1.82) is 5.26 Å². The van der Waals surface area contributed by atoms with Crippen LogP contribution in [0.2, 0.25) is 0 Å².